The van der Waals surface area contributed by atoms with Crippen molar-refractivity contribution in [1.82, 2.24) is 5.32 Å². The summed E-state index contributed by atoms with van der Waals surface area (Å²) in [5.74, 6) is -0.477. The standard InChI is InChI=1S/C13H19NO5/c1-19-6-10-3-2-4-11(5-10)12(18)14-13(7-15,8-16)9-17/h2-5,15-17H,6-9H2,1H3,(H,14,18). The number of aliphatic hydroxyl groups is 3. The van der Waals surface area contributed by atoms with Gasteiger partial charge < -0.3 is 25.4 Å². The van der Waals surface area contributed by atoms with E-state index in [2.05, 4.69) is 5.32 Å². The van der Waals surface area contributed by atoms with Crippen LogP contribution < -0.4 is 5.32 Å². The van der Waals surface area contributed by atoms with Crippen LogP contribution in [0, 0.1) is 0 Å². The van der Waals surface area contributed by atoms with Crippen molar-refractivity contribution in [2.45, 2.75) is 12.1 Å². The first-order chi connectivity index (χ1) is 9.10. The SMILES string of the molecule is COCc1cccc(C(=O)NC(CO)(CO)CO)c1. The lowest BCUT2D eigenvalue weighted by atomic mass is 10.0. The van der Waals surface area contributed by atoms with E-state index in [9.17, 15) is 4.79 Å². The minimum Gasteiger partial charge on any atom is -0.394 e. The summed E-state index contributed by atoms with van der Waals surface area (Å²) in [6.07, 6.45) is 0. The van der Waals surface area contributed by atoms with Gasteiger partial charge in [0.05, 0.1) is 26.4 Å². The highest BCUT2D eigenvalue weighted by Crippen LogP contribution is 2.09. The molecule has 6 heteroatoms. The Morgan fingerprint density at radius 2 is 1.89 bits per heavy atom. The lowest BCUT2D eigenvalue weighted by Crippen LogP contribution is -2.57. The van der Waals surface area contributed by atoms with Crippen LogP contribution >= 0.6 is 0 Å². The molecular formula is C13H19NO5. The van der Waals surface area contributed by atoms with Gasteiger partial charge in [-0.1, -0.05) is 12.1 Å². The first-order valence-electron chi connectivity index (χ1n) is 5.84. The number of ether oxygens (including phenoxy) is 1. The number of amides is 1. The number of hydrogen-bond acceptors (Lipinski definition) is 5. The molecule has 19 heavy (non-hydrogen) atoms. The fourth-order valence-corrected chi connectivity index (χ4v) is 1.55. The zero-order valence-corrected chi connectivity index (χ0v) is 10.8. The largest absolute Gasteiger partial charge is 0.394 e. The molecule has 106 valence electrons. The van der Waals surface area contributed by atoms with Crippen molar-refractivity contribution in [2.24, 2.45) is 0 Å². The number of benzene rings is 1. The Kier molecular flexibility index (Phi) is 5.91. The number of methoxy groups -OCH3 is 1. The van der Waals surface area contributed by atoms with Gasteiger partial charge in [0.2, 0.25) is 0 Å². The Hall–Kier alpha value is -1.47. The van der Waals surface area contributed by atoms with E-state index in [1.165, 1.54) is 0 Å². The molecule has 0 aliphatic carbocycles. The summed E-state index contributed by atoms with van der Waals surface area (Å²) < 4.78 is 4.98. The summed E-state index contributed by atoms with van der Waals surface area (Å²) >= 11 is 0. The van der Waals surface area contributed by atoms with Crippen molar-refractivity contribution in [1.29, 1.82) is 0 Å². The van der Waals surface area contributed by atoms with Gasteiger partial charge in [-0.2, -0.15) is 0 Å². The highest BCUT2D eigenvalue weighted by molar-refractivity contribution is 5.94. The Morgan fingerprint density at radius 3 is 2.42 bits per heavy atom. The average Bonchev–Trinajstić information content (AvgIpc) is 2.45. The Labute approximate surface area is 111 Å². The number of hydrogen-bond donors (Lipinski definition) is 4. The summed E-state index contributed by atoms with van der Waals surface area (Å²) in [5, 5.41) is 29.9. The fraction of sp³-hybridized carbons (Fsp3) is 0.462. The van der Waals surface area contributed by atoms with Crippen molar-refractivity contribution in [3.8, 4) is 0 Å². The van der Waals surface area contributed by atoms with E-state index in [1.54, 1.807) is 25.3 Å². The number of rotatable bonds is 7. The van der Waals surface area contributed by atoms with Gasteiger partial charge in [-0.3, -0.25) is 4.79 Å². The first kappa shape index (κ1) is 15.6. The van der Waals surface area contributed by atoms with E-state index in [1.807, 2.05) is 6.07 Å². The predicted molar refractivity (Wildman–Crippen MR) is 68.6 cm³/mol. The van der Waals surface area contributed by atoms with E-state index in [0.29, 0.717) is 12.2 Å². The first-order valence-corrected chi connectivity index (χ1v) is 5.84. The maximum absolute atomic E-state index is 12.0. The highest BCUT2D eigenvalue weighted by atomic mass is 16.5. The van der Waals surface area contributed by atoms with E-state index < -0.39 is 31.3 Å². The Morgan fingerprint density at radius 1 is 1.26 bits per heavy atom. The zero-order chi connectivity index (χ0) is 14.3. The fourth-order valence-electron chi connectivity index (χ4n) is 1.55. The second-order valence-corrected chi connectivity index (χ2v) is 4.34. The van der Waals surface area contributed by atoms with Crippen LogP contribution in [0.25, 0.3) is 0 Å². The number of aliphatic hydroxyl groups excluding tert-OH is 3. The Bertz CT molecular complexity index is 409. The molecule has 0 aliphatic rings. The second kappa shape index (κ2) is 7.20. The van der Waals surface area contributed by atoms with Gasteiger partial charge in [0.1, 0.15) is 5.54 Å². The van der Waals surface area contributed by atoms with Crippen molar-refractivity contribution in [3.05, 3.63) is 35.4 Å². The molecule has 0 aliphatic heterocycles. The molecule has 6 nitrogen and oxygen atoms in total. The molecule has 1 rings (SSSR count). The van der Waals surface area contributed by atoms with Gasteiger partial charge in [0.15, 0.2) is 0 Å². The summed E-state index contributed by atoms with van der Waals surface area (Å²) in [5.41, 5.74) is -0.221. The molecule has 0 heterocycles. The van der Waals surface area contributed by atoms with Crippen LogP contribution in [-0.2, 0) is 11.3 Å². The topological polar surface area (TPSA) is 99.0 Å². The Balaban J connectivity index is 2.85. The van der Waals surface area contributed by atoms with Crippen LogP contribution in [0.4, 0.5) is 0 Å². The quantitative estimate of drug-likeness (QED) is 0.523. The molecule has 0 saturated carbocycles. The molecule has 0 atom stereocenters. The van der Waals surface area contributed by atoms with Gasteiger partial charge in [0.25, 0.3) is 5.91 Å². The molecule has 0 fully saturated rings. The summed E-state index contributed by atoms with van der Waals surface area (Å²) in [7, 11) is 1.56. The van der Waals surface area contributed by atoms with Crippen molar-refractivity contribution in [3.63, 3.8) is 0 Å². The second-order valence-electron chi connectivity index (χ2n) is 4.34. The third kappa shape index (κ3) is 4.00. The summed E-state index contributed by atoms with van der Waals surface area (Å²) in [4.78, 5) is 12.0. The van der Waals surface area contributed by atoms with Crippen LogP contribution in [-0.4, -0.2) is 53.7 Å². The maximum atomic E-state index is 12.0. The molecule has 1 aromatic rings. The third-order valence-corrected chi connectivity index (χ3v) is 2.79. The molecule has 0 radical (unpaired) electrons. The zero-order valence-electron chi connectivity index (χ0n) is 10.8. The molecule has 0 bridgehead atoms. The molecular weight excluding hydrogens is 250 g/mol. The highest BCUT2D eigenvalue weighted by Gasteiger charge is 2.30. The summed E-state index contributed by atoms with van der Waals surface area (Å²) in [6, 6.07) is 6.78. The van der Waals surface area contributed by atoms with E-state index >= 15 is 0 Å². The van der Waals surface area contributed by atoms with Gasteiger partial charge in [0, 0.05) is 12.7 Å². The van der Waals surface area contributed by atoms with Crippen molar-refractivity contribution < 1.29 is 24.9 Å². The van der Waals surface area contributed by atoms with E-state index in [0.717, 1.165) is 5.56 Å². The van der Waals surface area contributed by atoms with Crippen LogP contribution in [0.5, 0.6) is 0 Å². The molecule has 4 N–H and O–H groups in total. The molecule has 0 saturated heterocycles. The van der Waals surface area contributed by atoms with Gasteiger partial charge >= 0.3 is 0 Å². The molecule has 1 amide bonds. The van der Waals surface area contributed by atoms with E-state index in [-0.39, 0.29) is 0 Å². The van der Waals surface area contributed by atoms with Gasteiger partial charge in [-0.05, 0) is 17.7 Å². The molecule has 1 aromatic carbocycles. The smallest absolute Gasteiger partial charge is 0.251 e. The maximum Gasteiger partial charge on any atom is 0.251 e. The number of carbonyl (C=O) groups is 1. The third-order valence-electron chi connectivity index (χ3n) is 2.79. The van der Waals surface area contributed by atoms with Crippen LogP contribution in [0.15, 0.2) is 24.3 Å². The van der Waals surface area contributed by atoms with Gasteiger partial charge in [-0.25, -0.2) is 0 Å². The normalized spacial score (nSPS) is 11.4. The van der Waals surface area contributed by atoms with Crippen LogP contribution in [0.2, 0.25) is 0 Å². The average molecular weight is 269 g/mol. The van der Waals surface area contributed by atoms with Crippen LogP contribution in [0.3, 0.4) is 0 Å². The van der Waals surface area contributed by atoms with Gasteiger partial charge in [-0.15, -0.1) is 0 Å². The van der Waals surface area contributed by atoms with Crippen molar-refractivity contribution in [2.75, 3.05) is 26.9 Å². The van der Waals surface area contributed by atoms with E-state index in [4.69, 9.17) is 20.1 Å². The lowest BCUT2D eigenvalue weighted by Gasteiger charge is -2.28. The minimum absolute atomic E-state index is 0.370. The van der Waals surface area contributed by atoms with Crippen molar-refractivity contribution >= 4 is 5.91 Å². The summed E-state index contributed by atoms with van der Waals surface area (Å²) in [6.45, 7) is -1.28. The molecule has 0 unspecified atom stereocenters. The predicted octanol–water partition coefficient (Wildman–Crippen LogP) is -0.722. The number of nitrogens with one attached hydrogen (secondary N) is 1. The lowest BCUT2D eigenvalue weighted by molar-refractivity contribution is 0.0375. The minimum atomic E-state index is -1.42. The molecule has 0 aromatic heterocycles. The monoisotopic (exact) mass is 269 g/mol. The molecule has 0 spiro atoms. The number of carbonyl (C=O) groups excluding carboxylic acids is 1. The van der Waals surface area contributed by atoms with Crippen LogP contribution in [0.1, 0.15) is 15.9 Å².